The first-order valence-corrected chi connectivity index (χ1v) is 4.19. The smallest absolute Gasteiger partial charge is 0.106 e. The molecule has 0 amide bonds. The summed E-state index contributed by atoms with van der Waals surface area (Å²) in [5.74, 6) is 0. The van der Waals surface area contributed by atoms with Crippen molar-refractivity contribution in [2.75, 3.05) is 12.4 Å². The molecule has 0 bridgehead atoms. The molecule has 0 aliphatic carbocycles. The largest absolute Gasteiger partial charge is 0.472 e. The van der Waals surface area contributed by atoms with E-state index in [-0.39, 0.29) is 0 Å². The highest BCUT2D eigenvalue weighted by atomic mass is 79.9. The number of nitrogens with zero attached hydrogens (tertiary/aromatic N) is 1. The number of alkyl halides is 1. The lowest BCUT2D eigenvalue weighted by Crippen LogP contribution is -2.00. The van der Waals surface area contributed by atoms with E-state index >= 15 is 0 Å². The molecule has 1 rings (SSSR count). The molecule has 0 saturated carbocycles. The average molecular weight is 218 g/mol. The molecule has 0 radical (unpaired) electrons. The van der Waals surface area contributed by atoms with E-state index in [2.05, 4.69) is 25.9 Å². The summed E-state index contributed by atoms with van der Waals surface area (Å²) < 4.78 is 4.89. The third-order valence-corrected chi connectivity index (χ3v) is 1.71. The monoisotopic (exact) mass is 217 g/mol. The standard InChI is InChI=1S/C7H8BrNO2/c1-10-9-7(4-8)6-2-3-11-5-6/h2-3,5H,4H2,1H3/b9-7-. The lowest BCUT2D eigenvalue weighted by atomic mass is 10.2. The number of halogens is 1. The van der Waals surface area contributed by atoms with E-state index in [4.69, 9.17) is 4.42 Å². The van der Waals surface area contributed by atoms with Gasteiger partial charge in [0.15, 0.2) is 0 Å². The Morgan fingerprint density at radius 1 is 1.82 bits per heavy atom. The van der Waals surface area contributed by atoms with Crippen LogP contribution in [0.15, 0.2) is 28.2 Å². The second-order valence-corrected chi connectivity index (χ2v) is 2.43. The fourth-order valence-electron chi connectivity index (χ4n) is 0.693. The molecule has 0 saturated heterocycles. The van der Waals surface area contributed by atoms with Crippen molar-refractivity contribution in [2.24, 2.45) is 5.16 Å². The van der Waals surface area contributed by atoms with Crippen LogP contribution in [-0.4, -0.2) is 18.2 Å². The molecule has 0 aromatic carbocycles. The van der Waals surface area contributed by atoms with Crippen LogP contribution in [-0.2, 0) is 4.84 Å². The zero-order valence-electron chi connectivity index (χ0n) is 6.08. The van der Waals surface area contributed by atoms with Crippen molar-refractivity contribution >= 4 is 21.6 Å². The molecule has 0 spiro atoms. The van der Waals surface area contributed by atoms with Gasteiger partial charge in [-0.1, -0.05) is 21.1 Å². The Hall–Kier alpha value is -0.770. The Bertz CT molecular complexity index is 231. The Balaban J connectivity index is 2.79. The van der Waals surface area contributed by atoms with Gasteiger partial charge in [-0.2, -0.15) is 0 Å². The predicted octanol–water partition coefficient (Wildman–Crippen LogP) is 2.03. The van der Waals surface area contributed by atoms with Crippen molar-refractivity contribution in [1.82, 2.24) is 0 Å². The minimum atomic E-state index is 0.653. The summed E-state index contributed by atoms with van der Waals surface area (Å²) in [5.41, 5.74) is 1.75. The molecule has 0 aliphatic heterocycles. The van der Waals surface area contributed by atoms with Crippen LogP contribution in [0.2, 0.25) is 0 Å². The van der Waals surface area contributed by atoms with E-state index < -0.39 is 0 Å². The molecule has 11 heavy (non-hydrogen) atoms. The Morgan fingerprint density at radius 3 is 3.09 bits per heavy atom. The van der Waals surface area contributed by atoms with E-state index in [0.29, 0.717) is 5.33 Å². The zero-order chi connectivity index (χ0) is 8.10. The second kappa shape index (κ2) is 4.18. The number of hydrogen-bond acceptors (Lipinski definition) is 3. The van der Waals surface area contributed by atoms with Gasteiger partial charge in [-0.25, -0.2) is 0 Å². The maximum absolute atomic E-state index is 4.89. The molecule has 4 heteroatoms. The van der Waals surface area contributed by atoms with E-state index in [1.807, 2.05) is 6.07 Å². The first-order chi connectivity index (χ1) is 5.38. The molecule has 60 valence electrons. The molecule has 0 atom stereocenters. The highest BCUT2D eigenvalue weighted by molar-refractivity contribution is 9.09. The summed E-state index contributed by atoms with van der Waals surface area (Å²) in [6.07, 6.45) is 3.22. The molecule has 1 aromatic heterocycles. The lowest BCUT2D eigenvalue weighted by molar-refractivity contribution is 0.213. The van der Waals surface area contributed by atoms with Crippen molar-refractivity contribution in [3.8, 4) is 0 Å². The predicted molar refractivity (Wildman–Crippen MR) is 46.0 cm³/mol. The maximum atomic E-state index is 4.89. The van der Waals surface area contributed by atoms with Crippen molar-refractivity contribution in [3.63, 3.8) is 0 Å². The molecule has 0 fully saturated rings. The topological polar surface area (TPSA) is 34.7 Å². The quantitative estimate of drug-likeness (QED) is 0.442. The fourth-order valence-corrected chi connectivity index (χ4v) is 1.12. The summed E-state index contributed by atoms with van der Waals surface area (Å²) in [6, 6.07) is 1.83. The maximum Gasteiger partial charge on any atom is 0.106 e. The minimum absolute atomic E-state index is 0.653. The van der Waals surface area contributed by atoms with E-state index in [1.165, 1.54) is 7.11 Å². The third kappa shape index (κ3) is 2.08. The van der Waals surface area contributed by atoms with Gasteiger partial charge < -0.3 is 9.25 Å². The van der Waals surface area contributed by atoms with Crippen molar-refractivity contribution in [1.29, 1.82) is 0 Å². The number of furan rings is 1. The third-order valence-electron chi connectivity index (χ3n) is 1.18. The normalized spacial score (nSPS) is 11.6. The highest BCUT2D eigenvalue weighted by Crippen LogP contribution is 2.04. The van der Waals surface area contributed by atoms with Gasteiger partial charge in [0.25, 0.3) is 0 Å². The van der Waals surface area contributed by atoms with Crippen LogP contribution in [0.25, 0.3) is 0 Å². The highest BCUT2D eigenvalue weighted by Gasteiger charge is 2.02. The number of oxime groups is 1. The van der Waals surface area contributed by atoms with Gasteiger partial charge in [-0.15, -0.1) is 0 Å². The van der Waals surface area contributed by atoms with Gasteiger partial charge in [0.2, 0.25) is 0 Å². The minimum Gasteiger partial charge on any atom is -0.472 e. The first kappa shape index (κ1) is 8.33. The van der Waals surface area contributed by atoms with Crippen molar-refractivity contribution < 1.29 is 9.25 Å². The van der Waals surface area contributed by atoms with Gasteiger partial charge in [0, 0.05) is 10.9 Å². The van der Waals surface area contributed by atoms with Gasteiger partial charge in [0.1, 0.15) is 12.8 Å². The van der Waals surface area contributed by atoms with Crippen LogP contribution in [0.4, 0.5) is 0 Å². The van der Waals surface area contributed by atoms with Gasteiger partial charge in [-0.3, -0.25) is 0 Å². The first-order valence-electron chi connectivity index (χ1n) is 3.07. The van der Waals surface area contributed by atoms with E-state index in [9.17, 15) is 0 Å². The van der Waals surface area contributed by atoms with Gasteiger partial charge in [0.05, 0.1) is 12.5 Å². The van der Waals surface area contributed by atoms with Crippen molar-refractivity contribution in [3.05, 3.63) is 24.2 Å². The van der Waals surface area contributed by atoms with E-state index in [0.717, 1.165) is 11.3 Å². The van der Waals surface area contributed by atoms with Crippen LogP contribution in [0, 0.1) is 0 Å². The van der Waals surface area contributed by atoms with Crippen molar-refractivity contribution in [2.45, 2.75) is 0 Å². The van der Waals surface area contributed by atoms with Crippen LogP contribution >= 0.6 is 15.9 Å². The molecule has 1 heterocycles. The summed E-state index contributed by atoms with van der Waals surface area (Å²) in [4.78, 5) is 4.63. The SMILES string of the molecule is CO/N=C(/CBr)c1ccoc1. The number of rotatable bonds is 3. The Kier molecular flexibility index (Phi) is 3.16. The molecule has 0 N–H and O–H groups in total. The Morgan fingerprint density at radius 2 is 2.64 bits per heavy atom. The van der Waals surface area contributed by atoms with Gasteiger partial charge >= 0.3 is 0 Å². The van der Waals surface area contributed by atoms with Crippen LogP contribution in [0.5, 0.6) is 0 Å². The number of hydrogen-bond donors (Lipinski definition) is 0. The van der Waals surface area contributed by atoms with E-state index in [1.54, 1.807) is 12.5 Å². The molecule has 0 unspecified atom stereocenters. The Labute approximate surface area is 73.2 Å². The zero-order valence-corrected chi connectivity index (χ0v) is 7.67. The molecule has 1 aromatic rings. The molecule has 0 aliphatic rings. The molecular formula is C7H8BrNO2. The average Bonchev–Trinajstić information content (AvgIpc) is 2.52. The fraction of sp³-hybridized carbons (Fsp3) is 0.286. The summed E-state index contributed by atoms with van der Waals surface area (Å²) in [6.45, 7) is 0. The summed E-state index contributed by atoms with van der Waals surface area (Å²) in [7, 11) is 1.52. The van der Waals surface area contributed by atoms with Crippen LogP contribution < -0.4 is 0 Å². The second-order valence-electron chi connectivity index (χ2n) is 1.87. The summed E-state index contributed by atoms with van der Waals surface area (Å²) in [5, 5.41) is 4.45. The lowest BCUT2D eigenvalue weighted by Gasteiger charge is -1.95. The van der Waals surface area contributed by atoms with Crippen LogP contribution in [0.1, 0.15) is 5.56 Å². The van der Waals surface area contributed by atoms with Gasteiger partial charge in [-0.05, 0) is 6.07 Å². The molecular weight excluding hydrogens is 210 g/mol. The van der Waals surface area contributed by atoms with Crippen LogP contribution in [0.3, 0.4) is 0 Å². The summed E-state index contributed by atoms with van der Waals surface area (Å²) >= 11 is 3.29. The molecule has 3 nitrogen and oxygen atoms in total.